The number of carbonyl (C=O) groups is 1. The summed E-state index contributed by atoms with van der Waals surface area (Å²) in [5.74, 6) is 0.450. The highest BCUT2D eigenvalue weighted by atomic mass is 16.3. The van der Waals surface area contributed by atoms with Crippen molar-refractivity contribution in [1.29, 1.82) is 0 Å². The first kappa shape index (κ1) is 19.4. The number of β-amino-alcohol motifs (C(OH)–C–C–N with tert-alkyl or cyclic N) is 1. The number of hydrogen-bond donors (Lipinski definition) is 1. The predicted molar refractivity (Wildman–Crippen MR) is 105 cm³/mol. The van der Waals surface area contributed by atoms with Gasteiger partial charge in [-0.25, -0.2) is 0 Å². The standard InChI is InChI=1S/C22H34N2O2/c1-17-9-10-18(2)20(14-17)21(25)16-23-11-7-8-19(15-23)22(26)24-12-5-3-4-6-13-24/h9-10,14,19,21,25H,3-8,11-13,15-16H2,1-2H3/t19-,21-/m0/s1. The van der Waals surface area contributed by atoms with Crippen molar-refractivity contribution in [3.05, 3.63) is 34.9 Å². The molecule has 0 unspecified atom stereocenters. The van der Waals surface area contributed by atoms with Gasteiger partial charge in [0.25, 0.3) is 0 Å². The topological polar surface area (TPSA) is 43.8 Å². The summed E-state index contributed by atoms with van der Waals surface area (Å²) in [6.45, 7) is 8.37. The van der Waals surface area contributed by atoms with E-state index in [2.05, 4.69) is 41.8 Å². The lowest BCUT2D eigenvalue weighted by atomic mass is 9.95. The highest BCUT2D eigenvalue weighted by molar-refractivity contribution is 5.79. The molecule has 2 atom stereocenters. The van der Waals surface area contributed by atoms with Crippen LogP contribution in [0.4, 0.5) is 0 Å². The van der Waals surface area contributed by atoms with Crippen LogP contribution in [0.25, 0.3) is 0 Å². The van der Waals surface area contributed by atoms with E-state index >= 15 is 0 Å². The molecule has 0 radical (unpaired) electrons. The van der Waals surface area contributed by atoms with Gasteiger partial charge in [0.05, 0.1) is 12.0 Å². The van der Waals surface area contributed by atoms with Crippen LogP contribution in [0.2, 0.25) is 0 Å². The Kier molecular flexibility index (Phi) is 6.71. The second-order valence-electron chi connectivity index (χ2n) is 8.21. The van der Waals surface area contributed by atoms with Gasteiger partial charge in [0, 0.05) is 26.2 Å². The van der Waals surface area contributed by atoms with E-state index in [1.54, 1.807) is 0 Å². The molecule has 2 heterocycles. The third kappa shape index (κ3) is 4.86. The number of likely N-dealkylation sites (tertiary alicyclic amines) is 2. The molecule has 1 aromatic carbocycles. The molecule has 2 aliphatic rings. The molecule has 0 bridgehead atoms. The summed E-state index contributed by atoms with van der Waals surface area (Å²) >= 11 is 0. The fourth-order valence-corrected chi connectivity index (χ4v) is 4.43. The van der Waals surface area contributed by atoms with Crippen LogP contribution in [0.3, 0.4) is 0 Å². The van der Waals surface area contributed by atoms with Crippen LogP contribution in [0, 0.1) is 19.8 Å². The van der Waals surface area contributed by atoms with E-state index < -0.39 is 6.10 Å². The normalized spacial score (nSPS) is 23.5. The number of aliphatic hydroxyl groups is 1. The van der Waals surface area contributed by atoms with Gasteiger partial charge in [-0.05, 0) is 57.2 Å². The van der Waals surface area contributed by atoms with Crippen LogP contribution in [-0.2, 0) is 4.79 Å². The van der Waals surface area contributed by atoms with Crippen LogP contribution in [0.15, 0.2) is 18.2 Å². The predicted octanol–water partition coefficient (Wildman–Crippen LogP) is 3.45. The Morgan fingerprint density at radius 3 is 2.58 bits per heavy atom. The van der Waals surface area contributed by atoms with Crippen molar-refractivity contribution in [2.24, 2.45) is 5.92 Å². The van der Waals surface area contributed by atoms with Crippen LogP contribution < -0.4 is 0 Å². The Hall–Kier alpha value is -1.39. The average Bonchev–Trinajstić information content (AvgIpc) is 2.92. The quantitative estimate of drug-likeness (QED) is 0.896. The van der Waals surface area contributed by atoms with Crippen LogP contribution in [0.1, 0.15) is 61.3 Å². The maximum Gasteiger partial charge on any atom is 0.226 e. The van der Waals surface area contributed by atoms with E-state index in [1.807, 2.05) is 0 Å². The zero-order valence-electron chi connectivity index (χ0n) is 16.4. The van der Waals surface area contributed by atoms with Gasteiger partial charge in [-0.2, -0.15) is 0 Å². The Labute approximate surface area is 158 Å². The summed E-state index contributed by atoms with van der Waals surface area (Å²) in [6, 6.07) is 6.25. The van der Waals surface area contributed by atoms with E-state index in [0.717, 1.165) is 63.0 Å². The van der Waals surface area contributed by atoms with Crippen molar-refractivity contribution in [1.82, 2.24) is 9.80 Å². The van der Waals surface area contributed by atoms with Crippen molar-refractivity contribution in [3.8, 4) is 0 Å². The number of carbonyl (C=O) groups excluding carboxylic acids is 1. The monoisotopic (exact) mass is 358 g/mol. The largest absolute Gasteiger partial charge is 0.387 e. The minimum Gasteiger partial charge on any atom is -0.387 e. The van der Waals surface area contributed by atoms with Crippen LogP contribution in [0.5, 0.6) is 0 Å². The van der Waals surface area contributed by atoms with Crippen LogP contribution in [-0.4, -0.2) is 53.5 Å². The number of hydrogen-bond acceptors (Lipinski definition) is 3. The molecule has 1 amide bonds. The van der Waals surface area contributed by atoms with Crippen molar-refractivity contribution >= 4 is 5.91 Å². The smallest absolute Gasteiger partial charge is 0.226 e. The SMILES string of the molecule is Cc1ccc(C)c([C@@H](O)CN2CCC[C@H](C(=O)N3CCCCCC3)C2)c1. The van der Waals surface area contributed by atoms with Gasteiger partial charge in [0.15, 0.2) is 0 Å². The molecule has 26 heavy (non-hydrogen) atoms. The summed E-state index contributed by atoms with van der Waals surface area (Å²) in [7, 11) is 0. The molecular weight excluding hydrogens is 324 g/mol. The highest BCUT2D eigenvalue weighted by Gasteiger charge is 2.30. The number of piperidine rings is 1. The molecule has 2 fully saturated rings. The summed E-state index contributed by atoms with van der Waals surface area (Å²) < 4.78 is 0. The molecule has 4 nitrogen and oxygen atoms in total. The Morgan fingerprint density at radius 1 is 1.12 bits per heavy atom. The first-order chi connectivity index (χ1) is 12.5. The number of rotatable bonds is 4. The zero-order valence-corrected chi connectivity index (χ0v) is 16.4. The highest BCUT2D eigenvalue weighted by Crippen LogP contribution is 2.25. The number of benzene rings is 1. The fourth-order valence-electron chi connectivity index (χ4n) is 4.43. The molecule has 144 valence electrons. The third-order valence-corrected chi connectivity index (χ3v) is 6.00. The van der Waals surface area contributed by atoms with Crippen LogP contribution >= 0.6 is 0 Å². The van der Waals surface area contributed by atoms with Crippen molar-refractivity contribution < 1.29 is 9.90 Å². The molecule has 0 saturated carbocycles. The van der Waals surface area contributed by atoms with E-state index in [4.69, 9.17) is 0 Å². The molecule has 2 aliphatic heterocycles. The number of aryl methyl sites for hydroxylation is 2. The lowest BCUT2D eigenvalue weighted by Crippen LogP contribution is -2.46. The minimum absolute atomic E-state index is 0.104. The first-order valence-electron chi connectivity index (χ1n) is 10.3. The Balaban J connectivity index is 1.59. The van der Waals surface area contributed by atoms with E-state index in [1.165, 1.54) is 18.4 Å². The maximum absolute atomic E-state index is 12.9. The van der Waals surface area contributed by atoms with Gasteiger partial charge < -0.3 is 10.0 Å². The fraction of sp³-hybridized carbons (Fsp3) is 0.682. The van der Waals surface area contributed by atoms with Crippen molar-refractivity contribution in [2.75, 3.05) is 32.7 Å². The van der Waals surface area contributed by atoms with Gasteiger partial charge >= 0.3 is 0 Å². The Morgan fingerprint density at radius 2 is 1.85 bits per heavy atom. The molecule has 4 heteroatoms. The second kappa shape index (κ2) is 9.01. The number of aliphatic hydroxyl groups excluding tert-OH is 1. The zero-order chi connectivity index (χ0) is 18.5. The molecule has 2 saturated heterocycles. The average molecular weight is 359 g/mol. The van der Waals surface area contributed by atoms with E-state index in [9.17, 15) is 9.90 Å². The molecule has 0 aliphatic carbocycles. The van der Waals surface area contributed by atoms with Gasteiger partial charge in [-0.1, -0.05) is 36.6 Å². The third-order valence-electron chi connectivity index (χ3n) is 6.00. The Bertz CT molecular complexity index is 608. The van der Waals surface area contributed by atoms with Crippen molar-refractivity contribution in [2.45, 2.75) is 58.5 Å². The minimum atomic E-state index is -0.484. The molecular formula is C22H34N2O2. The summed E-state index contributed by atoms with van der Waals surface area (Å²) in [4.78, 5) is 17.3. The molecule has 1 aromatic rings. The van der Waals surface area contributed by atoms with Gasteiger partial charge in [-0.15, -0.1) is 0 Å². The molecule has 1 N–H and O–H groups in total. The number of nitrogens with zero attached hydrogens (tertiary/aromatic N) is 2. The van der Waals surface area contributed by atoms with Crippen molar-refractivity contribution in [3.63, 3.8) is 0 Å². The van der Waals surface area contributed by atoms with Gasteiger partial charge in [0.2, 0.25) is 5.91 Å². The lowest BCUT2D eigenvalue weighted by molar-refractivity contribution is -0.137. The molecule has 0 aromatic heterocycles. The van der Waals surface area contributed by atoms with Gasteiger partial charge in [-0.3, -0.25) is 9.69 Å². The maximum atomic E-state index is 12.9. The summed E-state index contributed by atoms with van der Waals surface area (Å²) in [6.07, 6.45) is 6.35. The number of amides is 1. The second-order valence-corrected chi connectivity index (χ2v) is 8.21. The van der Waals surface area contributed by atoms with Gasteiger partial charge in [0.1, 0.15) is 0 Å². The summed E-state index contributed by atoms with van der Waals surface area (Å²) in [5, 5.41) is 10.8. The lowest BCUT2D eigenvalue weighted by Gasteiger charge is -2.35. The van der Waals surface area contributed by atoms with E-state index in [0.29, 0.717) is 12.5 Å². The molecule has 3 rings (SSSR count). The molecule has 0 spiro atoms. The summed E-state index contributed by atoms with van der Waals surface area (Å²) in [5.41, 5.74) is 3.33. The van der Waals surface area contributed by atoms with E-state index in [-0.39, 0.29) is 5.92 Å². The first-order valence-corrected chi connectivity index (χ1v) is 10.3.